The van der Waals surface area contributed by atoms with Gasteiger partial charge in [0.15, 0.2) is 0 Å². The molecule has 0 aromatic carbocycles. The van der Waals surface area contributed by atoms with Gasteiger partial charge in [-0.25, -0.2) is 0 Å². The summed E-state index contributed by atoms with van der Waals surface area (Å²) in [6, 6.07) is 0.0210. The first-order valence-electron chi connectivity index (χ1n) is 6.77. The van der Waals surface area contributed by atoms with E-state index in [4.69, 9.17) is 10.8 Å². The van der Waals surface area contributed by atoms with Crippen LogP contribution in [0.5, 0.6) is 0 Å². The van der Waals surface area contributed by atoms with Gasteiger partial charge in [0.2, 0.25) is 5.91 Å². The third kappa shape index (κ3) is 6.25. The van der Waals surface area contributed by atoms with E-state index in [9.17, 15) is 9.59 Å². The lowest BCUT2D eigenvalue weighted by molar-refractivity contribution is -0.143. The van der Waals surface area contributed by atoms with E-state index >= 15 is 0 Å². The van der Waals surface area contributed by atoms with Crippen molar-refractivity contribution < 1.29 is 14.7 Å². The fourth-order valence-electron chi connectivity index (χ4n) is 2.44. The Labute approximate surface area is 120 Å². The minimum Gasteiger partial charge on any atom is -0.481 e. The van der Waals surface area contributed by atoms with Crippen LogP contribution in [-0.2, 0) is 9.59 Å². The van der Waals surface area contributed by atoms with Gasteiger partial charge < -0.3 is 16.2 Å². The standard InChI is InChI=1S/C13H24N2O3.ClH/c1-9(4-3-7-14)12(16)15-11-6-2-5-10(8-11)13(17)18;/h9-11H,2-8,14H2,1H3,(H,15,16)(H,17,18);1H/t9?,10-,11+;/m0./s1. The summed E-state index contributed by atoms with van der Waals surface area (Å²) in [5.41, 5.74) is 5.42. The monoisotopic (exact) mass is 292 g/mol. The highest BCUT2D eigenvalue weighted by atomic mass is 35.5. The zero-order valence-corrected chi connectivity index (χ0v) is 12.2. The van der Waals surface area contributed by atoms with E-state index in [1.165, 1.54) is 0 Å². The zero-order chi connectivity index (χ0) is 13.5. The first kappa shape index (κ1) is 18.2. The number of amides is 1. The predicted molar refractivity (Wildman–Crippen MR) is 76.2 cm³/mol. The van der Waals surface area contributed by atoms with Crippen molar-refractivity contribution in [2.75, 3.05) is 6.54 Å². The second-order valence-corrected chi connectivity index (χ2v) is 5.24. The van der Waals surface area contributed by atoms with Gasteiger partial charge in [-0.3, -0.25) is 9.59 Å². The second-order valence-electron chi connectivity index (χ2n) is 5.24. The van der Waals surface area contributed by atoms with Crippen molar-refractivity contribution in [1.82, 2.24) is 5.32 Å². The smallest absolute Gasteiger partial charge is 0.306 e. The number of nitrogens with two attached hydrogens (primary N) is 1. The number of carbonyl (C=O) groups is 2. The maximum atomic E-state index is 11.9. The van der Waals surface area contributed by atoms with Crippen LogP contribution in [0.3, 0.4) is 0 Å². The Morgan fingerprint density at radius 1 is 1.42 bits per heavy atom. The fraction of sp³-hybridized carbons (Fsp3) is 0.846. The molecule has 0 heterocycles. The molecule has 0 spiro atoms. The Kier molecular flexibility index (Phi) is 8.76. The van der Waals surface area contributed by atoms with Gasteiger partial charge in [-0.1, -0.05) is 13.3 Å². The van der Waals surface area contributed by atoms with E-state index in [-0.39, 0.29) is 36.2 Å². The molecule has 1 unspecified atom stereocenters. The van der Waals surface area contributed by atoms with E-state index in [0.29, 0.717) is 13.0 Å². The largest absolute Gasteiger partial charge is 0.481 e. The average molecular weight is 293 g/mol. The van der Waals surface area contributed by atoms with E-state index in [1.54, 1.807) is 0 Å². The molecule has 0 aliphatic heterocycles. The summed E-state index contributed by atoms with van der Waals surface area (Å²) < 4.78 is 0. The molecule has 1 aliphatic rings. The van der Waals surface area contributed by atoms with Gasteiger partial charge in [0.25, 0.3) is 0 Å². The predicted octanol–water partition coefficient (Wildman–Crippen LogP) is 1.54. The Morgan fingerprint density at radius 2 is 2.11 bits per heavy atom. The van der Waals surface area contributed by atoms with E-state index in [0.717, 1.165) is 32.1 Å². The highest BCUT2D eigenvalue weighted by molar-refractivity contribution is 5.85. The molecular formula is C13H25ClN2O3. The number of rotatable bonds is 6. The van der Waals surface area contributed by atoms with Crippen molar-refractivity contribution in [3.05, 3.63) is 0 Å². The van der Waals surface area contributed by atoms with Gasteiger partial charge in [-0.2, -0.15) is 0 Å². The number of hydrogen-bond donors (Lipinski definition) is 3. The van der Waals surface area contributed by atoms with Crippen LogP contribution in [0.4, 0.5) is 0 Å². The van der Waals surface area contributed by atoms with Gasteiger partial charge >= 0.3 is 5.97 Å². The summed E-state index contributed by atoms with van der Waals surface area (Å²) >= 11 is 0. The summed E-state index contributed by atoms with van der Waals surface area (Å²) in [5, 5.41) is 12.0. The molecule has 6 heteroatoms. The molecule has 4 N–H and O–H groups in total. The maximum absolute atomic E-state index is 11.9. The molecule has 0 aromatic rings. The van der Waals surface area contributed by atoms with Crippen molar-refractivity contribution >= 4 is 24.3 Å². The molecule has 1 amide bonds. The average Bonchev–Trinajstić information content (AvgIpc) is 2.36. The number of nitrogens with one attached hydrogen (secondary N) is 1. The van der Waals surface area contributed by atoms with Crippen LogP contribution >= 0.6 is 12.4 Å². The van der Waals surface area contributed by atoms with Crippen molar-refractivity contribution in [3.63, 3.8) is 0 Å². The van der Waals surface area contributed by atoms with Crippen molar-refractivity contribution in [2.24, 2.45) is 17.6 Å². The first-order valence-corrected chi connectivity index (χ1v) is 6.77. The Morgan fingerprint density at radius 3 is 2.68 bits per heavy atom. The third-order valence-corrected chi connectivity index (χ3v) is 3.66. The van der Waals surface area contributed by atoms with Crippen LogP contribution < -0.4 is 11.1 Å². The highest BCUT2D eigenvalue weighted by Gasteiger charge is 2.28. The van der Waals surface area contributed by atoms with Gasteiger partial charge in [0.05, 0.1) is 5.92 Å². The summed E-state index contributed by atoms with van der Waals surface area (Å²) in [4.78, 5) is 22.8. The van der Waals surface area contributed by atoms with Gasteiger partial charge in [0, 0.05) is 12.0 Å². The van der Waals surface area contributed by atoms with Crippen LogP contribution in [0.1, 0.15) is 45.4 Å². The highest BCUT2D eigenvalue weighted by Crippen LogP contribution is 2.24. The molecule has 0 saturated heterocycles. The summed E-state index contributed by atoms with van der Waals surface area (Å²) in [6.07, 6.45) is 4.68. The molecule has 19 heavy (non-hydrogen) atoms. The molecule has 1 rings (SSSR count). The lowest BCUT2D eigenvalue weighted by atomic mass is 9.85. The van der Waals surface area contributed by atoms with Crippen LogP contribution in [-0.4, -0.2) is 29.6 Å². The minimum atomic E-state index is -0.745. The molecule has 0 radical (unpaired) electrons. The number of carbonyl (C=O) groups excluding carboxylic acids is 1. The summed E-state index contributed by atoms with van der Waals surface area (Å²) in [5.74, 6) is -1.06. The van der Waals surface area contributed by atoms with Crippen LogP contribution in [0.25, 0.3) is 0 Å². The lowest BCUT2D eigenvalue weighted by Crippen LogP contribution is -2.42. The summed E-state index contributed by atoms with van der Waals surface area (Å²) in [6.45, 7) is 2.49. The third-order valence-electron chi connectivity index (χ3n) is 3.66. The van der Waals surface area contributed by atoms with Crippen LogP contribution in [0.2, 0.25) is 0 Å². The fourth-order valence-corrected chi connectivity index (χ4v) is 2.44. The molecule has 1 saturated carbocycles. The molecule has 3 atom stereocenters. The second kappa shape index (κ2) is 9.15. The molecule has 112 valence electrons. The lowest BCUT2D eigenvalue weighted by Gasteiger charge is -2.28. The summed E-state index contributed by atoms with van der Waals surface area (Å²) in [7, 11) is 0. The molecule has 1 aliphatic carbocycles. The molecule has 0 aromatic heterocycles. The number of halogens is 1. The van der Waals surface area contributed by atoms with Crippen molar-refractivity contribution in [3.8, 4) is 0 Å². The number of hydrogen-bond acceptors (Lipinski definition) is 3. The van der Waals surface area contributed by atoms with Crippen LogP contribution in [0.15, 0.2) is 0 Å². The zero-order valence-electron chi connectivity index (χ0n) is 11.4. The SMILES string of the molecule is CC(CCCN)C(=O)N[C@@H]1CCC[C@H](C(=O)O)C1.Cl. The van der Waals surface area contributed by atoms with E-state index in [1.807, 2.05) is 6.92 Å². The molecule has 0 bridgehead atoms. The quantitative estimate of drug-likeness (QED) is 0.692. The topological polar surface area (TPSA) is 92.4 Å². The molecule has 5 nitrogen and oxygen atoms in total. The van der Waals surface area contributed by atoms with Crippen molar-refractivity contribution in [2.45, 2.75) is 51.5 Å². The normalized spacial score (nSPS) is 24.1. The first-order chi connectivity index (χ1) is 8.54. The number of carboxylic acid groups (broad SMARTS) is 1. The van der Waals surface area contributed by atoms with Gasteiger partial charge in [-0.05, 0) is 38.6 Å². The van der Waals surface area contributed by atoms with E-state index in [2.05, 4.69) is 5.32 Å². The minimum absolute atomic E-state index is 0. The molecular weight excluding hydrogens is 268 g/mol. The van der Waals surface area contributed by atoms with Gasteiger partial charge in [-0.15, -0.1) is 12.4 Å². The maximum Gasteiger partial charge on any atom is 0.306 e. The Balaban J connectivity index is 0.00000324. The molecule has 1 fully saturated rings. The van der Waals surface area contributed by atoms with Gasteiger partial charge in [0.1, 0.15) is 0 Å². The van der Waals surface area contributed by atoms with Crippen molar-refractivity contribution in [1.29, 1.82) is 0 Å². The van der Waals surface area contributed by atoms with Crippen LogP contribution in [0, 0.1) is 11.8 Å². The Bertz CT molecular complexity index is 300. The van der Waals surface area contributed by atoms with E-state index < -0.39 is 5.97 Å². The Hall–Kier alpha value is -0.810. The number of carboxylic acids is 1. The number of aliphatic carboxylic acids is 1.